The summed E-state index contributed by atoms with van der Waals surface area (Å²) in [6.45, 7) is 0. The summed E-state index contributed by atoms with van der Waals surface area (Å²) in [5, 5.41) is 19.4. The van der Waals surface area contributed by atoms with Gasteiger partial charge in [0.05, 0.1) is 20.8 Å². The number of azo groups is 1. The maximum absolute atomic E-state index is 10.7. The minimum Gasteiger partial charge on any atom is -0.258 e. The Morgan fingerprint density at radius 2 is 1.90 bits per heavy atom. The standard InChI is InChI=1S/C13H7IN4O2S/c14-8-1-3-9(4-2-8)16-17-13-15-11-6-5-10(18(19)20)7-12(11)21-13/h1-7H. The zero-order chi connectivity index (χ0) is 14.8. The summed E-state index contributed by atoms with van der Waals surface area (Å²) in [6.07, 6.45) is 0. The monoisotopic (exact) mass is 410 g/mol. The molecule has 0 atom stereocenters. The Bertz CT molecular complexity index is 845. The fraction of sp³-hybridized carbons (Fsp3) is 0. The van der Waals surface area contributed by atoms with Gasteiger partial charge in [0.15, 0.2) is 0 Å². The van der Waals surface area contributed by atoms with Crippen molar-refractivity contribution >= 4 is 60.7 Å². The lowest BCUT2D eigenvalue weighted by Crippen LogP contribution is -1.85. The van der Waals surface area contributed by atoms with Gasteiger partial charge in [0.1, 0.15) is 0 Å². The number of aromatic nitrogens is 1. The molecule has 0 amide bonds. The van der Waals surface area contributed by atoms with Crippen molar-refractivity contribution in [2.24, 2.45) is 10.2 Å². The number of fused-ring (bicyclic) bond motifs is 1. The van der Waals surface area contributed by atoms with E-state index in [2.05, 4.69) is 37.8 Å². The summed E-state index contributed by atoms with van der Waals surface area (Å²) >= 11 is 3.49. The van der Waals surface area contributed by atoms with Gasteiger partial charge in [0, 0.05) is 15.7 Å². The van der Waals surface area contributed by atoms with Crippen molar-refractivity contribution in [2.45, 2.75) is 0 Å². The average molecular weight is 410 g/mol. The van der Waals surface area contributed by atoms with E-state index >= 15 is 0 Å². The van der Waals surface area contributed by atoms with Gasteiger partial charge in [0.25, 0.3) is 5.69 Å². The fourth-order valence-corrected chi connectivity index (χ4v) is 2.85. The number of nitrogens with zero attached hydrogens (tertiary/aromatic N) is 4. The van der Waals surface area contributed by atoms with Crippen molar-refractivity contribution < 1.29 is 4.92 Å². The largest absolute Gasteiger partial charge is 0.270 e. The van der Waals surface area contributed by atoms with Crippen LogP contribution in [0.25, 0.3) is 10.2 Å². The average Bonchev–Trinajstić information content (AvgIpc) is 2.88. The van der Waals surface area contributed by atoms with Crippen LogP contribution < -0.4 is 0 Å². The first kappa shape index (κ1) is 14.0. The highest BCUT2D eigenvalue weighted by Gasteiger charge is 2.09. The lowest BCUT2D eigenvalue weighted by Gasteiger charge is -1.90. The maximum atomic E-state index is 10.7. The van der Waals surface area contributed by atoms with Crippen molar-refractivity contribution in [3.05, 3.63) is 56.1 Å². The molecule has 0 aliphatic heterocycles. The van der Waals surface area contributed by atoms with Gasteiger partial charge < -0.3 is 0 Å². The third kappa shape index (κ3) is 3.22. The van der Waals surface area contributed by atoms with Gasteiger partial charge in [-0.2, -0.15) is 0 Å². The molecule has 0 radical (unpaired) electrons. The summed E-state index contributed by atoms with van der Waals surface area (Å²) < 4.78 is 1.85. The Kier molecular flexibility index (Phi) is 3.88. The van der Waals surface area contributed by atoms with E-state index in [1.807, 2.05) is 24.3 Å². The molecule has 1 aromatic heterocycles. The number of hydrogen-bond donors (Lipinski definition) is 0. The quantitative estimate of drug-likeness (QED) is 0.257. The predicted molar refractivity (Wildman–Crippen MR) is 89.6 cm³/mol. The Balaban J connectivity index is 1.90. The Hall–Kier alpha value is -1.94. The van der Waals surface area contributed by atoms with Gasteiger partial charge in [-0.05, 0) is 52.9 Å². The molecule has 0 fully saturated rings. The summed E-state index contributed by atoms with van der Waals surface area (Å²) in [7, 11) is 0. The first-order chi connectivity index (χ1) is 10.1. The molecule has 8 heteroatoms. The van der Waals surface area contributed by atoms with Gasteiger partial charge >= 0.3 is 0 Å². The number of thiazole rings is 1. The van der Waals surface area contributed by atoms with Crippen LogP contribution in [0.15, 0.2) is 52.7 Å². The molecule has 0 aliphatic carbocycles. The molecule has 0 N–H and O–H groups in total. The van der Waals surface area contributed by atoms with E-state index in [0.717, 1.165) is 14.0 Å². The molecule has 0 bridgehead atoms. The highest BCUT2D eigenvalue weighted by Crippen LogP contribution is 2.31. The Morgan fingerprint density at radius 3 is 2.62 bits per heavy atom. The third-order valence-electron chi connectivity index (χ3n) is 2.65. The van der Waals surface area contributed by atoms with Gasteiger partial charge in [-0.25, -0.2) is 4.98 Å². The van der Waals surface area contributed by atoms with E-state index in [0.29, 0.717) is 10.6 Å². The van der Waals surface area contributed by atoms with Crippen molar-refractivity contribution in [1.29, 1.82) is 0 Å². The number of hydrogen-bond acceptors (Lipinski definition) is 6. The molecule has 1 heterocycles. The normalized spacial score (nSPS) is 11.3. The molecule has 2 aromatic carbocycles. The second-order valence-corrected chi connectivity index (χ2v) is 6.34. The van der Waals surface area contributed by atoms with Crippen LogP contribution >= 0.6 is 33.9 Å². The lowest BCUT2D eigenvalue weighted by atomic mass is 10.3. The molecule has 0 saturated carbocycles. The molecule has 6 nitrogen and oxygen atoms in total. The lowest BCUT2D eigenvalue weighted by molar-refractivity contribution is -0.384. The zero-order valence-electron chi connectivity index (χ0n) is 10.4. The second kappa shape index (κ2) is 5.82. The molecule has 3 aromatic rings. The molecule has 0 spiro atoms. The van der Waals surface area contributed by atoms with Crippen LogP contribution in [0.2, 0.25) is 0 Å². The Labute approximate surface area is 136 Å². The van der Waals surface area contributed by atoms with Crippen LogP contribution in [0.1, 0.15) is 0 Å². The van der Waals surface area contributed by atoms with Crippen LogP contribution in [0.4, 0.5) is 16.5 Å². The van der Waals surface area contributed by atoms with Gasteiger partial charge in [-0.3, -0.25) is 10.1 Å². The van der Waals surface area contributed by atoms with E-state index < -0.39 is 4.92 Å². The van der Waals surface area contributed by atoms with Crippen LogP contribution in [-0.4, -0.2) is 9.91 Å². The zero-order valence-corrected chi connectivity index (χ0v) is 13.4. The van der Waals surface area contributed by atoms with Crippen LogP contribution in [0.5, 0.6) is 0 Å². The van der Waals surface area contributed by atoms with Crippen molar-refractivity contribution in [3.8, 4) is 0 Å². The van der Waals surface area contributed by atoms with Crippen molar-refractivity contribution in [2.75, 3.05) is 0 Å². The smallest absolute Gasteiger partial charge is 0.258 e. The first-order valence-corrected chi connectivity index (χ1v) is 7.74. The van der Waals surface area contributed by atoms with Gasteiger partial charge in [-0.15, -0.1) is 10.2 Å². The van der Waals surface area contributed by atoms with Crippen LogP contribution in [-0.2, 0) is 0 Å². The summed E-state index contributed by atoms with van der Waals surface area (Å²) in [5.41, 5.74) is 1.47. The van der Waals surface area contributed by atoms with E-state index in [9.17, 15) is 10.1 Å². The van der Waals surface area contributed by atoms with Gasteiger partial charge in [-0.1, -0.05) is 11.3 Å². The number of rotatable bonds is 3. The fourth-order valence-electron chi connectivity index (χ4n) is 1.67. The highest BCUT2D eigenvalue weighted by molar-refractivity contribution is 14.1. The number of halogens is 1. The second-order valence-electron chi connectivity index (χ2n) is 4.08. The van der Waals surface area contributed by atoms with E-state index in [-0.39, 0.29) is 5.69 Å². The number of benzene rings is 2. The topological polar surface area (TPSA) is 80.8 Å². The molecule has 104 valence electrons. The molecule has 21 heavy (non-hydrogen) atoms. The first-order valence-electron chi connectivity index (χ1n) is 5.84. The van der Waals surface area contributed by atoms with E-state index in [4.69, 9.17) is 0 Å². The van der Waals surface area contributed by atoms with E-state index in [1.165, 1.54) is 23.5 Å². The van der Waals surface area contributed by atoms with E-state index in [1.54, 1.807) is 6.07 Å². The van der Waals surface area contributed by atoms with Crippen LogP contribution in [0.3, 0.4) is 0 Å². The SMILES string of the molecule is O=[N+]([O-])c1ccc2nc(N=Nc3ccc(I)cc3)sc2c1. The summed E-state index contributed by atoms with van der Waals surface area (Å²) in [4.78, 5) is 14.6. The molecule has 3 rings (SSSR count). The van der Waals surface area contributed by atoms with Crippen molar-refractivity contribution in [3.63, 3.8) is 0 Å². The minimum atomic E-state index is -0.425. The maximum Gasteiger partial charge on any atom is 0.270 e. The molecule has 0 saturated heterocycles. The summed E-state index contributed by atoms with van der Waals surface area (Å²) in [5.74, 6) is 0. The van der Waals surface area contributed by atoms with Crippen LogP contribution in [0, 0.1) is 13.7 Å². The summed E-state index contributed by atoms with van der Waals surface area (Å²) in [6, 6.07) is 12.2. The number of nitro groups is 1. The van der Waals surface area contributed by atoms with Crippen molar-refractivity contribution in [1.82, 2.24) is 4.98 Å². The number of non-ortho nitro benzene ring substituents is 1. The molecule has 0 aliphatic rings. The Morgan fingerprint density at radius 1 is 1.14 bits per heavy atom. The highest BCUT2D eigenvalue weighted by atomic mass is 127. The molecular weight excluding hydrogens is 403 g/mol. The molecule has 0 unspecified atom stereocenters. The van der Waals surface area contributed by atoms with Gasteiger partial charge in [0.2, 0.25) is 5.13 Å². The number of nitro benzene ring substituents is 1. The minimum absolute atomic E-state index is 0.0484. The molecular formula is C13H7IN4O2S. The predicted octanol–water partition coefficient (Wildman–Crippen LogP) is 5.22. The third-order valence-corrected chi connectivity index (χ3v) is 4.27.